The van der Waals surface area contributed by atoms with E-state index in [0.717, 1.165) is 0 Å². The Balaban J connectivity index is 1.91. The summed E-state index contributed by atoms with van der Waals surface area (Å²) in [5.41, 5.74) is 0. The summed E-state index contributed by atoms with van der Waals surface area (Å²) >= 11 is 0. The van der Waals surface area contributed by atoms with Gasteiger partial charge in [-0.25, -0.2) is 13.1 Å². The van der Waals surface area contributed by atoms with Crippen LogP contribution in [-0.4, -0.2) is 35.3 Å². The number of aromatic nitrogens is 4. The number of H-pyrrole nitrogens is 1. The molecular formula is C7H9N5O3S. The van der Waals surface area contributed by atoms with Crippen molar-refractivity contribution >= 4 is 10.0 Å². The molecule has 0 aliphatic carbocycles. The lowest BCUT2D eigenvalue weighted by Gasteiger charge is -2.01. The molecule has 0 spiro atoms. The first-order chi connectivity index (χ1) is 7.68. The minimum absolute atomic E-state index is 0.0978. The van der Waals surface area contributed by atoms with E-state index < -0.39 is 10.0 Å². The quantitative estimate of drug-likeness (QED) is 0.718. The summed E-state index contributed by atoms with van der Waals surface area (Å²) in [6, 6.07) is 0. The average Bonchev–Trinajstić information content (AvgIpc) is 2.90. The molecule has 8 nitrogen and oxygen atoms in total. The summed E-state index contributed by atoms with van der Waals surface area (Å²) in [4.78, 5) is 3.87. The second-order valence-electron chi connectivity index (χ2n) is 2.93. The van der Waals surface area contributed by atoms with E-state index in [9.17, 15) is 8.42 Å². The van der Waals surface area contributed by atoms with Crippen LogP contribution < -0.4 is 4.72 Å². The summed E-state index contributed by atoms with van der Waals surface area (Å²) in [5, 5.41) is 9.55. The monoisotopic (exact) mass is 243 g/mol. The maximum Gasteiger partial charge on any atom is 0.243 e. The van der Waals surface area contributed by atoms with Crippen LogP contribution in [0, 0.1) is 0 Å². The second kappa shape index (κ2) is 4.41. The highest BCUT2D eigenvalue weighted by molar-refractivity contribution is 7.89. The van der Waals surface area contributed by atoms with Gasteiger partial charge >= 0.3 is 0 Å². The summed E-state index contributed by atoms with van der Waals surface area (Å²) < 4.78 is 30.1. The molecule has 0 unspecified atom stereocenters. The number of sulfonamides is 1. The Bertz CT molecular complexity index is 518. The number of nitrogens with one attached hydrogen (secondary N) is 2. The Kier molecular flexibility index (Phi) is 2.97. The Labute approximate surface area is 91.1 Å². The zero-order valence-electron chi connectivity index (χ0n) is 8.12. The molecule has 0 aliphatic heterocycles. The van der Waals surface area contributed by atoms with Crippen molar-refractivity contribution in [3.63, 3.8) is 0 Å². The summed E-state index contributed by atoms with van der Waals surface area (Å²) in [5.74, 6) is 0.454. The molecule has 2 rings (SSSR count). The molecule has 9 heteroatoms. The lowest BCUT2D eigenvalue weighted by Crippen LogP contribution is -2.25. The third kappa shape index (κ3) is 2.44. The zero-order chi connectivity index (χ0) is 11.4. The first-order valence-corrected chi connectivity index (χ1v) is 5.90. The maximum atomic E-state index is 11.6. The molecule has 16 heavy (non-hydrogen) atoms. The molecule has 2 aromatic rings. The van der Waals surface area contributed by atoms with Gasteiger partial charge in [-0.2, -0.15) is 10.1 Å². The molecule has 86 valence electrons. The van der Waals surface area contributed by atoms with E-state index in [1.807, 2.05) is 0 Å². The summed E-state index contributed by atoms with van der Waals surface area (Å²) in [7, 11) is -3.50. The molecule has 0 aromatic carbocycles. The molecule has 0 bridgehead atoms. The van der Waals surface area contributed by atoms with E-state index in [1.54, 1.807) is 0 Å². The van der Waals surface area contributed by atoms with Gasteiger partial charge in [-0.05, 0) is 0 Å². The molecule has 0 atom stereocenters. The van der Waals surface area contributed by atoms with Crippen LogP contribution in [0.4, 0.5) is 0 Å². The summed E-state index contributed by atoms with van der Waals surface area (Å²) in [6.45, 7) is 0.201. The highest BCUT2D eigenvalue weighted by atomic mass is 32.2. The SMILES string of the molecule is O=S(=O)(NCCc1ncon1)c1cn[nH]c1. The van der Waals surface area contributed by atoms with Crippen molar-refractivity contribution in [1.82, 2.24) is 25.1 Å². The van der Waals surface area contributed by atoms with Crippen LogP contribution in [0.15, 0.2) is 28.2 Å². The number of aromatic amines is 1. The average molecular weight is 243 g/mol. The van der Waals surface area contributed by atoms with Crippen molar-refractivity contribution < 1.29 is 12.9 Å². The minimum atomic E-state index is -3.50. The van der Waals surface area contributed by atoms with Gasteiger partial charge in [0.1, 0.15) is 4.90 Å². The van der Waals surface area contributed by atoms with Crippen molar-refractivity contribution in [3.05, 3.63) is 24.6 Å². The van der Waals surface area contributed by atoms with Crippen molar-refractivity contribution in [2.75, 3.05) is 6.54 Å². The van der Waals surface area contributed by atoms with Crippen molar-refractivity contribution in [3.8, 4) is 0 Å². The molecule has 2 heterocycles. The molecule has 0 amide bonds. The van der Waals surface area contributed by atoms with Gasteiger partial charge in [-0.1, -0.05) is 5.16 Å². The van der Waals surface area contributed by atoms with Gasteiger partial charge < -0.3 is 4.52 Å². The molecule has 0 radical (unpaired) electrons. The lowest BCUT2D eigenvalue weighted by atomic mass is 10.4. The minimum Gasteiger partial charge on any atom is -0.343 e. The predicted octanol–water partition coefficient (Wildman–Crippen LogP) is -0.686. The molecule has 2 N–H and O–H groups in total. The van der Waals surface area contributed by atoms with Crippen LogP contribution in [0.5, 0.6) is 0 Å². The smallest absolute Gasteiger partial charge is 0.243 e. The van der Waals surface area contributed by atoms with Gasteiger partial charge in [-0.3, -0.25) is 5.10 Å². The van der Waals surface area contributed by atoms with Gasteiger partial charge in [0.25, 0.3) is 0 Å². The van der Waals surface area contributed by atoms with Gasteiger partial charge in [0.2, 0.25) is 16.4 Å². The number of nitrogens with zero attached hydrogens (tertiary/aromatic N) is 3. The third-order valence-electron chi connectivity index (χ3n) is 1.83. The van der Waals surface area contributed by atoms with E-state index in [1.165, 1.54) is 18.8 Å². The van der Waals surface area contributed by atoms with E-state index in [0.29, 0.717) is 12.2 Å². The maximum absolute atomic E-state index is 11.6. The van der Waals surface area contributed by atoms with Crippen molar-refractivity contribution in [2.24, 2.45) is 0 Å². The number of rotatable bonds is 5. The predicted molar refractivity (Wildman–Crippen MR) is 51.8 cm³/mol. The Hall–Kier alpha value is -1.74. The fourth-order valence-electron chi connectivity index (χ4n) is 1.07. The Morgan fingerprint density at radius 3 is 3.00 bits per heavy atom. The molecule has 0 fully saturated rings. The summed E-state index contributed by atoms with van der Waals surface area (Å²) in [6.07, 6.45) is 4.10. The first-order valence-electron chi connectivity index (χ1n) is 4.42. The van der Waals surface area contributed by atoms with Crippen LogP contribution in [0.2, 0.25) is 0 Å². The van der Waals surface area contributed by atoms with Crippen molar-refractivity contribution in [2.45, 2.75) is 11.3 Å². The Morgan fingerprint density at radius 2 is 2.38 bits per heavy atom. The molecule has 2 aromatic heterocycles. The first kappa shape index (κ1) is 10.8. The van der Waals surface area contributed by atoms with E-state index in [4.69, 9.17) is 0 Å². The zero-order valence-corrected chi connectivity index (χ0v) is 8.94. The normalized spacial score (nSPS) is 11.8. The highest BCUT2D eigenvalue weighted by Crippen LogP contribution is 2.03. The van der Waals surface area contributed by atoms with Crippen LogP contribution in [0.3, 0.4) is 0 Å². The lowest BCUT2D eigenvalue weighted by molar-refractivity contribution is 0.410. The van der Waals surface area contributed by atoms with Gasteiger partial charge in [0.15, 0.2) is 5.82 Å². The third-order valence-corrected chi connectivity index (χ3v) is 3.26. The fraction of sp³-hybridized carbons (Fsp3) is 0.286. The fourth-order valence-corrected chi connectivity index (χ4v) is 2.01. The van der Waals surface area contributed by atoms with Crippen molar-refractivity contribution in [1.29, 1.82) is 0 Å². The van der Waals surface area contributed by atoms with Crippen LogP contribution in [0.25, 0.3) is 0 Å². The van der Waals surface area contributed by atoms with Gasteiger partial charge in [0, 0.05) is 19.2 Å². The van der Waals surface area contributed by atoms with E-state index >= 15 is 0 Å². The molecule has 0 aliphatic rings. The number of hydrogen-bond acceptors (Lipinski definition) is 6. The van der Waals surface area contributed by atoms with Crippen LogP contribution >= 0.6 is 0 Å². The standard InChI is InChI=1S/C7H9N5O3S/c13-16(14,6-3-9-10-4-6)11-2-1-7-8-5-15-12-7/h3-5,11H,1-2H2,(H,9,10). The largest absolute Gasteiger partial charge is 0.343 e. The second-order valence-corrected chi connectivity index (χ2v) is 4.70. The molecular weight excluding hydrogens is 234 g/mol. The topological polar surface area (TPSA) is 114 Å². The van der Waals surface area contributed by atoms with Crippen LogP contribution in [-0.2, 0) is 16.4 Å². The Morgan fingerprint density at radius 1 is 1.50 bits per heavy atom. The van der Waals surface area contributed by atoms with Gasteiger partial charge in [-0.15, -0.1) is 0 Å². The van der Waals surface area contributed by atoms with Crippen LogP contribution in [0.1, 0.15) is 5.82 Å². The molecule has 0 saturated carbocycles. The highest BCUT2D eigenvalue weighted by Gasteiger charge is 2.14. The number of hydrogen-bond donors (Lipinski definition) is 2. The van der Waals surface area contributed by atoms with E-state index in [2.05, 4.69) is 29.6 Å². The van der Waals surface area contributed by atoms with E-state index in [-0.39, 0.29) is 11.4 Å². The van der Waals surface area contributed by atoms with Gasteiger partial charge in [0.05, 0.1) is 6.20 Å². The molecule has 0 saturated heterocycles.